The van der Waals surface area contributed by atoms with Crippen molar-refractivity contribution in [1.82, 2.24) is 10.2 Å². The smallest absolute Gasteiger partial charge is 0.242 e. The lowest BCUT2D eigenvalue weighted by Crippen LogP contribution is -2.48. The van der Waals surface area contributed by atoms with E-state index < -0.39 is 11.9 Å². The fraction of sp³-hybridized carbons (Fsp3) is 0.440. The number of ether oxygens (including phenoxy) is 2. The molecule has 3 rings (SSSR count). The van der Waals surface area contributed by atoms with Gasteiger partial charge in [-0.15, -0.1) is 0 Å². The summed E-state index contributed by atoms with van der Waals surface area (Å²) in [5.41, 5.74) is 1.32. The molecule has 1 N–H and O–H groups in total. The molecule has 0 fully saturated rings. The summed E-state index contributed by atoms with van der Waals surface area (Å²) in [7, 11) is 0. The van der Waals surface area contributed by atoms with E-state index in [4.69, 9.17) is 9.47 Å². The van der Waals surface area contributed by atoms with E-state index in [1.807, 2.05) is 25.1 Å². The number of rotatable bonds is 10. The summed E-state index contributed by atoms with van der Waals surface area (Å²) >= 11 is 0. The van der Waals surface area contributed by atoms with Gasteiger partial charge in [0, 0.05) is 25.1 Å². The van der Waals surface area contributed by atoms with Crippen LogP contribution >= 0.6 is 0 Å². The molecule has 0 radical (unpaired) electrons. The second-order valence-electron chi connectivity index (χ2n) is 7.91. The highest BCUT2D eigenvalue weighted by atomic mass is 19.1. The highest BCUT2D eigenvalue weighted by Crippen LogP contribution is 2.31. The van der Waals surface area contributed by atoms with Gasteiger partial charge in [-0.2, -0.15) is 0 Å². The summed E-state index contributed by atoms with van der Waals surface area (Å²) in [4.78, 5) is 27.3. The fourth-order valence-corrected chi connectivity index (χ4v) is 3.57. The first-order valence-corrected chi connectivity index (χ1v) is 11.2. The van der Waals surface area contributed by atoms with Gasteiger partial charge in [0.25, 0.3) is 0 Å². The van der Waals surface area contributed by atoms with E-state index in [9.17, 15) is 14.0 Å². The molecule has 0 saturated heterocycles. The molecular formula is C25H31FN2O4. The molecule has 0 aliphatic carbocycles. The normalized spacial score (nSPS) is 13.3. The van der Waals surface area contributed by atoms with Crippen LogP contribution in [0.2, 0.25) is 0 Å². The Morgan fingerprint density at radius 2 is 1.88 bits per heavy atom. The lowest BCUT2D eigenvalue weighted by Gasteiger charge is -2.29. The van der Waals surface area contributed by atoms with Gasteiger partial charge in [-0.3, -0.25) is 9.59 Å². The Balaban J connectivity index is 1.70. The van der Waals surface area contributed by atoms with Crippen molar-refractivity contribution in [2.24, 2.45) is 0 Å². The van der Waals surface area contributed by atoms with Crippen molar-refractivity contribution < 1.29 is 23.5 Å². The minimum atomic E-state index is -0.709. The van der Waals surface area contributed by atoms with E-state index in [-0.39, 0.29) is 24.8 Å². The predicted octanol–water partition coefficient (Wildman–Crippen LogP) is 3.86. The Kier molecular flexibility index (Phi) is 8.48. The molecule has 2 aromatic carbocycles. The molecule has 7 heteroatoms. The number of nitrogens with zero attached hydrogens (tertiary/aromatic N) is 1. The zero-order chi connectivity index (χ0) is 22.9. The second-order valence-corrected chi connectivity index (χ2v) is 7.91. The molecule has 0 saturated carbocycles. The third-order valence-corrected chi connectivity index (χ3v) is 5.53. The Labute approximate surface area is 188 Å². The fourth-order valence-electron chi connectivity index (χ4n) is 3.57. The number of hydrogen-bond acceptors (Lipinski definition) is 4. The molecule has 0 unspecified atom stereocenters. The third-order valence-electron chi connectivity index (χ3n) is 5.53. The summed E-state index contributed by atoms with van der Waals surface area (Å²) in [5, 5.41) is 2.87. The summed E-state index contributed by atoms with van der Waals surface area (Å²) in [5.74, 6) is 0.539. The monoisotopic (exact) mass is 442 g/mol. The van der Waals surface area contributed by atoms with E-state index in [1.54, 1.807) is 25.1 Å². The number of fused-ring (bicyclic) bond motifs is 1. The Morgan fingerprint density at radius 3 is 2.62 bits per heavy atom. The van der Waals surface area contributed by atoms with Crippen molar-refractivity contribution in [3.05, 3.63) is 59.4 Å². The lowest BCUT2D eigenvalue weighted by atomic mass is 10.1. The van der Waals surface area contributed by atoms with Gasteiger partial charge in [-0.1, -0.05) is 37.6 Å². The van der Waals surface area contributed by atoms with Gasteiger partial charge in [0.05, 0.1) is 0 Å². The lowest BCUT2D eigenvalue weighted by molar-refractivity contribution is -0.140. The first-order valence-electron chi connectivity index (χ1n) is 11.2. The highest BCUT2D eigenvalue weighted by Gasteiger charge is 2.26. The van der Waals surface area contributed by atoms with Crippen LogP contribution in [0.15, 0.2) is 42.5 Å². The van der Waals surface area contributed by atoms with Crippen LogP contribution in [0.25, 0.3) is 0 Å². The van der Waals surface area contributed by atoms with Crippen LogP contribution in [-0.4, -0.2) is 42.5 Å². The van der Waals surface area contributed by atoms with Crippen LogP contribution in [0.1, 0.15) is 44.2 Å². The molecule has 0 spiro atoms. The standard InChI is InChI=1S/C25H31FN2O4/c1-3-4-13-27-25(30)18(2)28(17-20-7-5-6-8-21(20)26)24(29)12-10-19-9-11-22-23(16-19)32-15-14-31-22/h5-9,11,16,18H,3-4,10,12-15,17H2,1-2H3,(H,27,30)/t18-/m1/s1. The summed E-state index contributed by atoms with van der Waals surface area (Å²) in [6.07, 6.45) is 2.50. The number of carbonyl (C=O) groups excluding carboxylic acids is 2. The average molecular weight is 443 g/mol. The summed E-state index contributed by atoms with van der Waals surface area (Å²) in [6, 6.07) is 11.2. The van der Waals surface area contributed by atoms with Crippen LogP contribution in [0.4, 0.5) is 4.39 Å². The maximum atomic E-state index is 14.3. The minimum Gasteiger partial charge on any atom is -0.486 e. The zero-order valence-corrected chi connectivity index (χ0v) is 18.7. The molecule has 1 atom stereocenters. The summed E-state index contributed by atoms with van der Waals surface area (Å²) in [6.45, 7) is 5.34. The second kappa shape index (κ2) is 11.5. The summed E-state index contributed by atoms with van der Waals surface area (Å²) < 4.78 is 25.4. The van der Waals surface area contributed by atoms with Gasteiger partial charge in [-0.25, -0.2) is 4.39 Å². The molecule has 0 bridgehead atoms. The van der Waals surface area contributed by atoms with Gasteiger partial charge in [0.15, 0.2) is 11.5 Å². The number of aryl methyl sites for hydroxylation is 1. The van der Waals surface area contributed by atoms with Gasteiger partial charge in [0.1, 0.15) is 25.1 Å². The molecule has 1 aliphatic rings. The van der Waals surface area contributed by atoms with E-state index in [1.165, 1.54) is 11.0 Å². The van der Waals surface area contributed by atoms with Crippen molar-refractivity contribution in [3.63, 3.8) is 0 Å². The molecule has 6 nitrogen and oxygen atoms in total. The number of nitrogens with one attached hydrogen (secondary N) is 1. The molecule has 1 aliphatic heterocycles. The maximum Gasteiger partial charge on any atom is 0.242 e. The third kappa shape index (κ3) is 6.22. The van der Waals surface area contributed by atoms with Gasteiger partial charge < -0.3 is 19.7 Å². The molecule has 0 aromatic heterocycles. The Hall–Kier alpha value is -3.09. The minimum absolute atomic E-state index is 0.0367. The Bertz CT molecular complexity index is 934. The van der Waals surface area contributed by atoms with E-state index >= 15 is 0 Å². The quantitative estimate of drug-likeness (QED) is 0.568. The van der Waals surface area contributed by atoms with Crippen LogP contribution in [0.3, 0.4) is 0 Å². The number of unbranched alkanes of at least 4 members (excludes halogenated alkanes) is 1. The highest BCUT2D eigenvalue weighted by molar-refractivity contribution is 5.87. The van der Waals surface area contributed by atoms with Crippen LogP contribution in [0, 0.1) is 5.82 Å². The van der Waals surface area contributed by atoms with Crippen LogP contribution < -0.4 is 14.8 Å². The number of carbonyl (C=O) groups is 2. The van der Waals surface area contributed by atoms with Crippen molar-refractivity contribution in [3.8, 4) is 11.5 Å². The zero-order valence-electron chi connectivity index (χ0n) is 18.7. The predicted molar refractivity (Wildman–Crippen MR) is 120 cm³/mol. The number of halogens is 1. The maximum absolute atomic E-state index is 14.3. The SMILES string of the molecule is CCCCNC(=O)[C@@H](C)N(Cc1ccccc1F)C(=O)CCc1ccc2c(c1)OCCO2. The van der Waals surface area contributed by atoms with Gasteiger partial charge in [0.2, 0.25) is 11.8 Å². The number of hydrogen-bond donors (Lipinski definition) is 1. The van der Waals surface area contributed by atoms with Crippen molar-refractivity contribution in [2.45, 2.75) is 52.1 Å². The van der Waals surface area contributed by atoms with Crippen molar-refractivity contribution in [1.29, 1.82) is 0 Å². The molecular weight excluding hydrogens is 411 g/mol. The van der Waals surface area contributed by atoms with E-state index in [0.29, 0.717) is 43.2 Å². The van der Waals surface area contributed by atoms with E-state index in [2.05, 4.69) is 5.32 Å². The van der Waals surface area contributed by atoms with Crippen LogP contribution in [0.5, 0.6) is 11.5 Å². The van der Waals surface area contributed by atoms with Crippen molar-refractivity contribution >= 4 is 11.8 Å². The molecule has 1 heterocycles. The largest absolute Gasteiger partial charge is 0.486 e. The molecule has 172 valence electrons. The molecule has 2 amide bonds. The van der Waals surface area contributed by atoms with Crippen LogP contribution in [-0.2, 0) is 22.6 Å². The Morgan fingerprint density at radius 1 is 1.12 bits per heavy atom. The molecule has 2 aromatic rings. The number of amides is 2. The topological polar surface area (TPSA) is 67.9 Å². The average Bonchev–Trinajstić information content (AvgIpc) is 2.81. The van der Waals surface area contributed by atoms with Crippen molar-refractivity contribution in [2.75, 3.05) is 19.8 Å². The first-order chi connectivity index (χ1) is 15.5. The first kappa shape index (κ1) is 23.6. The van der Waals surface area contributed by atoms with E-state index in [0.717, 1.165) is 18.4 Å². The number of benzene rings is 2. The van der Waals surface area contributed by atoms with Gasteiger partial charge in [-0.05, 0) is 43.5 Å². The van der Waals surface area contributed by atoms with Gasteiger partial charge >= 0.3 is 0 Å². The molecule has 32 heavy (non-hydrogen) atoms.